The summed E-state index contributed by atoms with van der Waals surface area (Å²) < 4.78 is 0. The maximum absolute atomic E-state index is 3.60. The molecule has 2 aliphatic rings. The van der Waals surface area contributed by atoms with E-state index in [2.05, 4.69) is 31.0 Å². The fourth-order valence-corrected chi connectivity index (χ4v) is 3.23. The molecule has 2 rings (SSSR count). The molecule has 1 heterocycles. The van der Waals surface area contributed by atoms with Crippen molar-refractivity contribution in [2.24, 2.45) is 5.92 Å². The van der Waals surface area contributed by atoms with Gasteiger partial charge < -0.3 is 5.32 Å². The maximum Gasteiger partial charge on any atom is 0.0280 e. The Balaban J connectivity index is 2.08. The zero-order valence-electron chi connectivity index (χ0n) is 10.6. The minimum absolute atomic E-state index is 0.347. The molecular formula is C13H26N2. The first kappa shape index (κ1) is 11.4. The first-order valence-corrected chi connectivity index (χ1v) is 6.57. The molecule has 1 unspecified atom stereocenters. The van der Waals surface area contributed by atoms with Gasteiger partial charge in [-0.1, -0.05) is 19.8 Å². The van der Waals surface area contributed by atoms with Gasteiger partial charge in [-0.2, -0.15) is 0 Å². The Labute approximate surface area is 94.4 Å². The molecule has 2 fully saturated rings. The molecular weight excluding hydrogens is 184 g/mol. The van der Waals surface area contributed by atoms with Gasteiger partial charge in [-0.3, -0.25) is 4.90 Å². The van der Waals surface area contributed by atoms with E-state index < -0.39 is 0 Å². The fraction of sp³-hybridized carbons (Fsp3) is 1.00. The lowest BCUT2D eigenvalue weighted by atomic mass is 9.98. The summed E-state index contributed by atoms with van der Waals surface area (Å²) in [5, 5.41) is 3.60. The molecule has 2 nitrogen and oxygen atoms in total. The second-order valence-electron chi connectivity index (χ2n) is 6.14. The van der Waals surface area contributed by atoms with Crippen LogP contribution in [0.15, 0.2) is 0 Å². The van der Waals surface area contributed by atoms with Crippen LogP contribution in [0.3, 0.4) is 0 Å². The van der Waals surface area contributed by atoms with Crippen LogP contribution in [0.25, 0.3) is 0 Å². The second-order valence-corrected chi connectivity index (χ2v) is 6.14. The van der Waals surface area contributed by atoms with Crippen molar-refractivity contribution < 1.29 is 0 Å². The van der Waals surface area contributed by atoms with Crippen LogP contribution >= 0.6 is 0 Å². The molecule has 1 atom stereocenters. The van der Waals surface area contributed by atoms with E-state index in [1.54, 1.807) is 0 Å². The topological polar surface area (TPSA) is 15.3 Å². The Morgan fingerprint density at radius 2 is 1.87 bits per heavy atom. The van der Waals surface area contributed by atoms with Gasteiger partial charge >= 0.3 is 0 Å². The molecule has 1 saturated carbocycles. The molecule has 0 radical (unpaired) electrons. The third-order valence-electron chi connectivity index (χ3n) is 4.10. The van der Waals surface area contributed by atoms with E-state index in [0.717, 1.165) is 18.5 Å². The zero-order valence-corrected chi connectivity index (χ0v) is 10.6. The first-order chi connectivity index (χ1) is 7.09. The summed E-state index contributed by atoms with van der Waals surface area (Å²) in [4.78, 5) is 2.78. The van der Waals surface area contributed by atoms with Gasteiger partial charge in [-0.05, 0) is 39.2 Å². The first-order valence-electron chi connectivity index (χ1n) is 6.57. The van der Waals surface area contributed by atoms with Gasteiger partial charge in [0, 0.05) is 24.7 Å². The number of nitrogens with one attached hydrogen (secondary N) is 1. The third-order valence-corrected chi connectivity index (χ3v) is 4.10. The largest absolute Gasteiger partial charge is 0.315 e. The number of rotatable bonds is 1. The van der Waals surface area contributed by atoms with Crippen LogP contribution in [-0.2, 0) is 0 Å². The van der Waals surface area contributed by atoms with Crippen LogP contribution in [0, 0.1) is 5.92 Å². The van der Waals surface area contributed by atoms with Crippen LogP contribution in [-0.4, -0.2) is 36.1 Å². The molecule has 2 heteroatoms. The van der Waals surface area contributed by atoms with Crippen molar-refractivity contribution in [2.45, 2.75) is 58.0 Å². The van der Waals surface area contributed by atoms with E-state index in [-0.39, 0.29) is 0 Å². The molecule has 1 aliphatic heterocycles. The van der Waals surface area contributed by atoms with Crippen LogP contribution in [0.5, 0.6) is 0 Å². The van der Waals surface area contributed by atoms with Crippen molar-refractivity contribution >= 4 is 0 Å². The van der Waals surface area contributed by atoms with Crippen molar-refractivity contribution in [3.05, 3.63) is 0 Å². The summed E-state index contributed by atoms with van der Waals surface area (Å²) in [6.45, 7) is 10.8. The normalized spacial score (nSPS) is 34.2. The van der Waals surface area contributed by atoms with Crippen molar-refractivity contribution in [3.8, 4) is 0 Å². The predicted octanol–water partition coefficient (Wildman–Crippen LogP) is 2.25. The van der Waals surface area contributed by atoms with E-state index in [1.807, 2.05) is 0 Å². The van der Waals surface area contributed by atoms with Gasteiger partial charge in [-0.15, -0.1) is 0 Å². The highest BCUT2D eigenvalue weighted by atomic mass is 15.3. The number of hydrogen-bond acceptors (Lipinski definition) is 2. The van der Waals surface area contributed by atoms with Gasteiger partial charge in [0.15, 0.2) is 0 Å². The molecule has 15 heavy (non-hydrogen) atoms. The smallest absolute Gasteiger partial charge is 0.0280 e. The van der Waals surface area contributed by atoms with Gasteiger partial charge in [0.2, 0.25) is 0 Å². The Morgan fingerprint density at radius 3 is 2.53 bits per heavy atom. The fourth-order valence-electron chi connectivity index (χ4n) is 3.23. The summed E-state index contributed by atoms with van der Waals surface area (Å²) in [6.07, 6.45) is 5.74. The molecule has 0 aromatic carbocycles. The predicted molar refractivity (Wildman–Crippen MR) is 65.1 cm³/mol. The lowest BCUT2D eigenvalue weighted by Gasteiger charge is -2.42. The Kier molecular flexibility index (Phi) is 3.36. The van der Waals surface area contributed by atoms with Crippen LogP contribution in [0.4, 0.5) is 0 Å². The van der Waals surface area contributed by atoms with Crippen LogP contribution in [0.1, 0.15) is 46.5 Å². The average Bonchev–Trinajstić information content (AvgIpc) is 2.62. The van der Waals surface area contributed by atoms with Crippen molar-refractivity contribution in [1.29, 1.82) is 0 Å². The molecule has 1 saturated heterocycles. The molecule has 1 aliphatic carbocycles. The van der Waals surface area contributed by atoms with E-state index >= 15 is 0 Å². The summed E-state index contributed by atoms with van der Waals surface area (Å²) in [6, 6.07) is 0.863. The van der Waals surface area contributed by atoms with Gasteiger partial charge in [0.1, 0.15) is 0 Å². The van der Waals surface area contributed by atoms with Crippen LogP contribution in [0.2, 0.25) is 0 Å². The van der Waals surface area contributed by atoms with Gasteiger partial charge in [0.05, 0.1) is 0 Å². The monoisotopic (exact) mass is 210 g/mol. The highest BCUT2D eigenvalue weighted by Gasteiger charge is 2.36. The highest BCUT2D eigenvalue weighted by Crippen LogP contribution is 2.30. The summed E-state index contributed by atoms with van der Waals surface area (Å²) in [5.41, 5.74) is 0.347. The molecule has 1 N–H and O–H groups in total. The van der Waals surface area contributed by atoms with E-state index in [9.17, 15) is 0 Å². The summed E-state index contributed by atoms with van der Waals surface area (Å²) >= 11 is 0. The van der Waals surface area contributed by atoms with Crippen molar-refractivity contribution in [1.82, 2.24) is 10.2 Å². The van der Waals surface area contributed by atoms with Gasteiger partial charge in [0.25, 0.3) is 0 Å². The van der Waals surface area contributed by atoms with E-state index in [4.69, 9.17) is 0 Å². The standard InChI is InChI=1S/C13H26N2/c1-11-8-14-10-13(2,3)15(9-11)12-6-4-5-7-12/h11-12,14H,4-10H2,1-3H3. The average molecular weight is 210 g/mol. The Hall–Kier alpha value is -0.0800. The SMILES string of the molecule is CC1CNCC(C)(C)N(C2CCCC2)C1. The molecule has 88 valence electrons. The lowest BCUT2D eigenvalue weighted by Crippen LogP contribution is -2.52. The third kappa shape index (κ3) is 2.54. The van der Waals surface area contributed by atoms with Crippen LogP contribution < -0.4 is 5.32 Å². The van der Waals surface area contributed by atoms with E-state index in [1.165, 1.54) is 38.8 Å². The quantitative estimate of drug-likeness (QED) is 0.714. The number of hydrogen-bond donors (Lipinski definition) is 1. The van der Waals surface area contributed by atoms with E-state index in [0.29, 0.717) is 5.54 Å². The van der Waals surface area contributed by atoms with Gasteiger partial charge in [-0.25, -0.2) is 0 Å². The molecule has 0 spiro atoms. The molecule has 0 bridgehead atoms. The minimum atomic E-state index is 0.347. The molecule has 0 aromatic rings. The molecule has 0 amide bonds. The highest BCUT2D eigenvalue weighted by molar-refractivity contribution is 4.93. The minimum Gasteiger partial charge on any atom is -0.315 e. The Bertz CT molecular complexity index is 207. The van der Waals surface area contributed by atoms with Crippen molar-refractivity contribution in [2.75, 3.05) is 19.6 Å². The Morgan fingerprint density at radius 1 is 1.20 bits per heavy atom. The zero-order chi connectivity index (χ0) is 10.9. The van der Waals surface area contributed by atoms with Crippen molar-refractivity contribution in [3.63, 3.8) is 0 Å². The number of nitrogens with zero attached hydrogens (tertiary/aromatic N) is 1. The molecule has 0 aromatic heterocycles. The lowest BCUT2D eigenvalue weighted by molar-refractivity contribution is 0.0726. The summed E-state index contributed by atoms with van der Waals surface area (Å²) in [7, 11) is 0. The summed E-state index contributed by atoms with van der Waals surface area (Å²) in [5.74, 6) is 0.798. The second kappa shape index (κ2) is 4.42. The maximum atomic E-state index is 3.60.